The van der Waals surface area contributed by atoms with Crippen LogP contribution in [0.2, 0.25) is 0 Å². The molecule has 0 atom stereocenters. The van der Waals surface area contributed by atoms with Gasteiger partial charge in [-0.1, -0.05) is 184 Å². The quantitative estimate of drug-likeness (QED) is 0.160. The fourth-order valence-electron chi connectivity index (χ4n) is 10.7. The molecule has 0 saturated heterocycles. The summed E-state index contributed by atoms with van der Waals surface area (Å²) in [5.74, 6) is 1.68. The van der Waals surface area contributed by atoms with E-state index in [0.717, 1.165) is 72.9 Å². The molecule has 5 heteroatoms. The van der Waals surface area contributed by atoms with Crippen LogP contribution in [0.4, 0.5) is 0 Å². The lowest BCUT2D eigenvalue weighted by atomic mass is 9.82. The summed E-state index contributed by atoms with van der Waals surface area (Å²) in [5, 5.41) is 2.15. The van der Waals surface area contributed by atoms with E-state index in [1.807, 2.05) is 30.3 Å². The fraction of sp³-hybridized carbons (Fsp3) is 0.0635. The highest BCUT2D eigenvalue weighted by Crippen LogP contribution is 2.50. The van der Waals surface area contributed by atoms with E-state index in [2.05, 4.69) is 195 Å². The molecule has 2 aliphatic carbocycles. The molecule has 5 nitrogen and oxygen atoms in total. The Morgan fingerprint density at radius 3 is 2.00 bits per heavy atom. The number of para-hydroxylation sites is 1. The van der Waals surface area contributed by atoms with Gasteiger partial charge in [-0.2, -0.15) is 9.97 Å². The van der Waals surface area contributed by atoms with E-state index >= 15 is 0 Å². The van der Waals surface area contributed by atoms with Crippen molar-refractivity contribution in [1.29, 1.82) is 0 Å². The number of furan rings is 1. The van der Waals surface area contributed by atoms with Crippen LogP contribution in [0, 0.1) is 0 Å². The topological polar surface area (TPSA) is 56.7 Å². The third-order valence-corrected chi connectivity index (χ3v) is 14.2. The van der Waals surface area contributed by atoms with Crippen molar-refractivity contribution in [3.05, 3.63) is 234 Å². The smallest absolute Gasteiger partial charge is 0.238 e. The molecule has 0 amide bonds. The van der Waals surface area contributed by atoms with Gasteiger partial charge in [-0.3, -0.25) is 4.57 Å². The number of aromatic nitrogens is 4. The van der Waals surface area contributed by atoms with Gasteiger partial charge in [-0.25, -0.2) is 4.98 Å². The van der Waals surface area contributed by atoms with Crippen LogP contribution in [0.15, 0.2) is 199 Å². The largest absolute Gasteiger partial charge is 0.464 e. The van der Waals surface area contributed by atoms with Gasteiger partial charge >= 0.3 is 0 Å². The molecule has 0 radical (unpaired) electrons. The van der Waals surface area contributed by atoms with Crippen LogP contribution < -0.4 is 0 Å². The number of hydrogen-bond acceptors (Lipinski definition) is 4. The second-order valence-electron chi connectivity index (χ2n) is 18.5. The third-order valence-electron chi connectivity index (χ3n) is 14.2. The molecular formula is C63H44N4O. The van der Waals surface area contributed by atoms with Crippen LogP contribution in [0.3, 0.4) is 0 Å². The van der Waals surface area contributed by atoms with Gasteiger partial charge in [0.05, 0.1) is 17.5 Å². The molecule has 0 aliphatic heterocycles. The van der Waals surface area contributed by atoms with E-state index in [1.54, 1.807) is 6.26 Å². The van der Waals surface area contributed by atoms with Crippen LogP contribution in [0.25, 0.3) is 113 Å². The Morgan fingerprint density at radius 1 is 0.529 bits per heavy atom. The van der Waals surface area contributed by atoms with Crippen molar-refractivity contribution >= 4 is 40.1 Å². The molecular weight excluding hydrogens is 829 g/mol. The fourth-order valence-corrected chi connectivity index (χ4v) is 10.7. The second-order valence-corrected chi connectivity index (χ2v) is 18.5. The van der Waals surface area contributed by atoms with Crippen LogP contribution in [0.5, 0.6) is 0 Å². The van der Waals surface area contributed by atoms with Crippen LogP contribution >= 0.6 is 0 Å². The summed E-state index contributed by atoms with van der Waals surface area (Å²) in [6.45, 7) is 8.65. The van der Waals surface area contributed by atoms with Crippen molar-refractivity contribution in [2.45, 2.75) is 25.7 Å². The van der Waals surface area contributed by atoms with Gasteiger partial charge in [0.1, 0.15) is 5.58 Å². The first-order valence-corrected chi connectivity index (χ1v) is 23.2. The van der Waals surface area contributed by atoms with Gasteiger partial charge in [0.25, 0.3) is 0 Å². The maximum absolute atomic E-state index is 6.01. The number of fused-ring (bicyclic) bond motifs is 8. The Bertz CT molecular complexity index is 3890. The predicted molar refractivity (Wildman–Crippen MR) is 279 cm³/mol. The first kappa shape index (κ1) is 39.7. The Balaban J connectivity index is 0.986. The first-order valence-electron chi connectivity index (χ1n) is 23.2. The zero-order chi connectivity index (χ0) is 45.5. The summed E-state index contributed by atoms with van der Waals surface area (Å²) in [6.07, 6.45) is 8.78. The normalized spacial score (nSPS) is 13.2. The Morgan fingerprint density at radius 2 is 1.18 bits per heavy atom. The van der Waals surface area contributed by atoms with E-state index in [0.29, 0.717) is 17.6 Å². The molecule has 11 aromatic rings. The predicted octanol–water partition coefficient (Wildman–Crippen LogP) is 15.9. The molecule has 2 aliphatic rings. The van der Waals surface area contributed by atoms with E-state index in [1.165, 1.54) is 50.1 Å². The van der Waals surface area contributed by atoms with Crippen molar-refractivity contribution < 1.29 is 4.42 Å². The van der Waals surface area contributed by atoms with Crippen molar-refractivity contribution in [3.8, 4) is 73.2 Å². The monoisotopic (exact) mass is 872 g/mol. The van der Waals surface area contributed by atoms with E-state index in [-0.39, 0.29) is 5.41 Å². The molecule has 0 spiro atoms. The molecule has 3 heterocycles. The molecule has 0 unspecified atom stereocenters. The molecule has 0 bridgehead atoms. The van der Waals surface area contributed by atoms with Crippen LogP contribution in [-0.2, 0) is 11.8 Å². The lowest BCUT2D eigenvalue weighted by Gasteiger charge is -2.21. The summed E-state index contributed by atoms with van der Waals surface area (Å²) in [5.41, 5.74) is 21.5. The van der Waals surface area contributed by atoms with Gasteiger partial charge < -0.3 is 4.42 Å². The highest BCUT2D eigenvalue weighted by atomic mass is 16.3. The molecule has 13 rings (SSSR count). The van der Waals surface area contributed by atoms with Crippen molar-refractivity contribution in [1.82, 2.24) is 19.5 Å². The Hall–Kier alpha value is -8.67. The Kier molecular flexibility index (Phi) is 9.02. The average Bonchev–Trinajstić information content (AvgIpc) is 3.97. The summed E-state index contributed by atoms with van der Waals surface area (Å²) in [6, 6.07) is 65.4. The lowest BCUT2D eigenvalue weighted by Crippen LogP contribution is -2.14. The van der Waals surface area contributed by atoms with Crippen LogP contribution in [0.1, 0.15) is 52.9 Å². The van der Waals surface area contributed by atoms with Gasteiger partial charge in [0.2, 0.25) is 5.95 Å². The minimum Gasteiger partial charge on any atom is -0.464 e. The zero-order valence-corrected chi connectivity index (χ0v) is 37.7. The van der Waals surface area contributed by atoms with Gasteiger partial charge in [0, 0.05) is 44.9 Å². The van der Waals surface area contributed by atoms with Gasteiger partial charge in [0.15, 0.2) is 11.6 Å². The van der Waals surface area contributed by atoms with Gasteiger partial charge in [-0.05, 0) is 103 Å². The molecule has 0 N–H and O–H groups in total. The molecule has 8 aromatic carbocycles. The molecule has 0 saturated carbocycles. The molecule has 3 aromatic heterocycles. The third kappa shape index (κ3) is 6.34. The van der Waals surface area contributed by atoms with Crippen molar-refractivity contribution in [2.24, 2.45) is 0 Å². The second kappa shape index (κ2) is 15.5. The molecule has 68 heavy (non-hydrogen) atoms. The highest BCUT2D eigenvalue weighted by Gasteiger charge is 2.35. The average molecular weight is 873 g/mol. The van der Waals surface area contributed by atoms with E-state index < -0.39 is 0 Å². The maximum atomic E-state index is 6.01. The van der Waals surface area contributed by atoms with Crippen molar-refractivity contribution in [3.63, 3.8) is 0 Å². The summed E-state index contributed by atoms with van der Waals surface area (Å²) in [4.78, 5) is 15.8. The van der Waals surface area contributed by atoms with Crippen LogP contribution in [-0.4, -0.2) is 19.5 Å². The number of nitrogens with zero attached hydrogens (tertiary/aromatic N) is 4. The lowest BCUT2D eigenvalue weighted by molar-refractivity contribution is 0.615. The number of hydrogen-bond donors (Lipinski definition) is 0. The van der Waals surface area contributed by atoms with E-state index in [9.17, 15) is 0 Å². The minimum atomic E-state index is -0.0316. The summed E-state index contributed by atoms with van der Waals surface area (Å²) >= 11 is 0. The number of rotatable bonds is 7. The van der Waals surface area contributed by atoms with Gasteiger partial charge in [-0.15, -0.1) is 0 Å². The highest BCUT2D eigenvalue weighted by molar-refractivity contribution is 6.02. The first-order chi connectivity index (χ1) is 33.4. The summed E-state index contributed by atoms with van der Waals surface area (Å²) in [7, 11) is 0. The zero-order valence-electron chi connectivity index (χ0n) is 37.7. The standard InChI is InChI=1S/C63H44N4O/c1-4-39-38-68-58-37-48(27-30-49(39)58)61-64-60(41-16-6-5-7-17-41)65-62(66-61)67-57-32-29-40-15-8-9-18-45(40)36-54(57)52-25-14-24-50(59(52)67)47-22-13-21-44(34-47)42-19-12-20-43(33-42)46-28-31-56-53(35-46)51-23-10-11-26-55(51)63(56,2)3/h4-35,37-38H,1,36H2,2-3H3. The van der Waals surface area contributed by atoms with Crippen molar-refractivity contribution in [2.75, 3.05) is 0 Å². The summed E-state index contributed by atoms with van der Waals surface area (Å²) < 4.78 is 8.27. The van der Waals surface area contributed by atoms with E-state index in [4.69, 9.17) is 19.4 Å². The maximum Gasteiger partial charge on any atom is 0.238 e. The Labute approximate surface area is 395 Å². The molecule has 322 valence electrons. The minimum absolute atomic E-state index is 0.0316. The number of benzene rings is 8. The molecule has 0 fully saturated rings. The SMILES string of the molecule is C=Cc1coc2cc(-c3nc(-c4ccccc4)nc(-n4c5c(c6cccc(-c7cccc(-c8cccc(-c9ccc%10c(c9)-c9ccccc9C%10(C)C)c8)c7)c64)Cc4ccccc4C=C5)n3)ccc12.